The zero-order valence-corrected chi connectivity index (χ0v) is 10.8. The van der Waals surface area contributed by atoms with Crippen molar-refractivity contribution in [3.05, 3.63) is 66.3 Å². The number of hydrogen-bond donors (Lipinski definition) is 1. The summed E-state index contributed by atoms with van der Waals surface area (Å²) in [4.78, 5) is 0. The van der Waals surface area contributed by atoms with Gasteiger partial charge in [0.05, 0.1) is 0 Å². The highest BCUT2D eigenvalue weighted by Gasteiger charge is 2.05. The van der Waals surface area contributed by atoms with Crippen LogP contribution in [0.2, 0.25) is 0 Å². The van der Waals surface area contributed by atoms with Crippen molar-refractivity contribution in [2.24, 2.45) is 0 Å². The van der Waals surface area contributed by atoms with Crippen molar-refractivity contribution < 1.29 is 1.43 Å². The van der Waals surface area contributed by atoms with Gasteiger partial charge in [-0.15, -0.1) is 0 Å². The maximum Gasteiger partial charge on any atom is 0.0208 e. The lowest BCUT2D eigenvalue weighted by atomic mass is 9.96. The van der Waals surface area contributed by atoms with Crippen molar-refractivity contribution in [3.8, 4) is 0 Å². The zero-order chi connectivity index (χ0) is 12.7. The molecule has 1 heteroatoms. The van der Waals surface area contributed by atoms with E-state index in [2.05, 4.69) is 50.5 Å². The van der Waals surface area contributed by atoms with Crippen LogP contribution in [0.5, 0.6) is 0 Å². The molecule has 92 valence electrons. The normalized spacial score (nSPS) is 11.3. The Morgan fingerprint density at radius 3 is 2.76 bits per heavy atom. The number of nitrogens with one attached hydrogen (secondary N) is 1. The van der Waals surface area contributed by atoms with Crippen LogP contribution >= 0.6 is 0 Å². The van der Waals surface area contributed by atoms with Crippen LogP contribution in [0.25, 0.3) is 5.57 Å². The van der Waals surface area contributed by atoms with E-state index in [0.29, 0.717) is 0 Å². The molecule has 0 bridgehead atoms. The van der Waals surface area contributed by atoms with Crippen LogP contribution < -0.4 is 5.32 Å². The summed E-state index contributed by atoms with van der Waals surface area (Å²) in [5.74, 6) is 0. The van der Waals surface area contributed by atoms with E-state index in [0.717, 1.165) is 18.7 Å². The second kappa shape index (κ2) is 6.87. The van der Waals surface area contributed by atoms with Gasteiger partial charge in [-0.25, -0.2) is 0 Å². The lowest BCUT2D eigenvalue weighted by Crippen LogP contribution is -2.13. The first kappa shape index (κ1) is 13.5. The molecular formula is C16H23N. The molecule has 0 fully saturated rings. The average Bonchev–Trinajstić information content (AvgIpc) is 2.35. The van der Waals surface area contributed by atoms with E-state index in [4.69, 9.17) is 0 Å². The smallest absolute Gasteiger partial charge is 0.0208 e. The SMILES string of the molecule is C=C/C=C(\C=C)c1cccc(CNCC)c1C.[HH]. The molecule has 0 aliphatic heterocycles. The van der Waals surface area contributed by atoms with Crippen molar-refractivity contribution in [1.82, 2.24) is 5.32 Å². The van der Waals surface area contributed by atoms with Crippen LogP contribution in [0.3, 0.4) is 0 Å². The van der Waals surface area contributed by atoms with Gasteiger partial charge in [-0.05, 0) is 35.7 Å². The number of hydrogen-bond acceptors (Lipinski definition) is 1. The van der Waals surface area contributed by atoms with Crippen molar-refractivity contribution in [2.75, 3.05) is 6.54 Å². The Kier molecular flexibility index (Phi) is 5.44. The first-order valence-corrected chi connectivity index (χ1v) is 5.99. The van der Waals surface area contributed by atoms with Crippen molar-refractivity contribution in [3.63, 3.8) is 0 Å². The van der Waals surface area contributed by atoms with Crippen LogP contribution in [0.4, 0.5) is 0 Å². The lowest BCUT2D eigenvalue weighted by Gasteiger charge is -2.12. The fourth-order valence-electron chi connectivity index (χ4n) is 1.84. The van der Waals surface area contributed by atoms with Gasteiger partial charge in [-0.2, -0.15) is 0 Å². The summed E-state index contributed by atoms with van der Waals surface area (Å²) in [6.45, 7) is 13.8. The molecule has 0 aliphatic carbocycles. The van der Waals surface area contributed by atoms with E-state index in [1.807, 2.05) is 12.2 Å². The predicted molar refractivity (Wildman–Crippen MR) is 79.0 cm³/mol. The Labute approximate surface area is 106 Å². The molecule has 0 saturated carbocycles. The van der Waals surface area contributed by atoms with Crippen LogP contribution in [0.15, 0.2) is 49.6 Å². The molecule has 0 aromatic heterocycles. The Morgan fingerprint density at radius 1 is 1.41 bits per heavy atom. The van der Waals surface area contributed by atoms with Gasteiger partial charge in [-0.1, -0.05) is 56.5 Å². The standard InChI is InChI=1S/C16H21N.H2/c1-5-9-14(6-2)16-11-8-10-15(13(16)4)12-17-7-3;/h5-6,8-11,17H,1-2,7,12H2,3-4H3;1H/b14-9+;. The van der Waals surface area contributed by atoms with Crippen LogP contribution in [0, 0.1) is 6.92 Å². The molecule has 0 saturated heterocycles. The van der Waals surface area contributed by atoms with Gasteiger partial charge in [-0.3, -0.25) is 0 Å². The maximum absolute atomic E-state index is 3.86. The minimum atomic E-state index is 0. The molecule has 1 aromatic carbocycles. The van der Waals surface area contributed by atoms with Crippen LogP contribution in [-0.2, 0) is 6.54 Å². The average molecular weight is 229 g/mol. The van der Waals surface area contributed by atoms with Gasteiger partial charge >= 0.3 is 0 Å². The Hall–Kier alpha value is -1.60. The fraction of sp³-hybridized carbons (Fsp3) is 0.250. The number of benzene rings is 1. The first-order valence-electron chi connectivity index (χ1n) is 5.99. The van der Waals surface area contributed by atoms with E-state index >= 15 is 0 Å². The third-order valence-electron chi connectivity index (χ3n) is 2.84. The molecule has 0 amide bonds. The maximum atomic E-state index is 3.86. The molecule has 1 rings (SSSR count). The minimum Gasteiger partial charge on any atom is -0.313 e. The number of allylic oxidation sites excluding steroid dienone is 4. The zero-order valence-electron chi connectivity index (χ0n) is 10.8. The second-order valence-corrected chi connectivity index (χ2v) is 3.93. The largest absolute Gasteiger partial charge is 0.313 e. The molecule has 1 N–H and O–H groups in total. The molecule has 1 nitrogen and oxygen atoms in total. The Morgan fingerprint density at radius 2 is 2.18 bits per heavy atom. The molecule has 0 spiro atoms. The summed E-state index contributed by atoms with van der Waals surface area (Å²) in [6, 6.07) is 6.38. The molecule has 0 atom stereocenters. The fourth-order valence-corrected chi connectivity index (χ4v) is 1.84. The van der Waals surface area contributed by atoms with Gasteiger partial charge in [0, 0.05) is 7.97 Å². The van der Waals surface area contributed by atoms with Crippen molar-refractivity contribution >= 4 is 5.57 Å². The Balaban J connectivity index is 0.00000289. The van der Waals surface area contributed by atoms with Crippen LogP contribution in [0.1, 0.15) is 25.0 Å². The van der Waals surface area contributed by atoms with E-state index in [-0.39, 0.29) is 1.43 Å². The summed E-state index contributed by atoms with van der Waals surface area (Å²) in [5.41, 5.74) is 4.99. The number of rotatable bonds is 6. The summed E-state index contributed by atoms with van der Waals surface area (Å²) in [5, 5.41) is 3.36. The third kappa shape index (κ3) is 3.43. The summed E-state index contributed by atoms with van der Waals surface area (Å²) in [7, 11) is 0. The van der Waals surface area contributed by atoms with Crippen molar-refractivity contribution in [2.45, 2.75) is 20.4 Å². The lowest BCUT2D eigenvalue weighted by molar-refractivity contribution is 0.723. The van der Waals surface area contributed by atoms with Crippen LogP contribution in [-0.4, -0.2) is 6.54 Å². The second-order valence-electron chi connectivity index (χ2n) is 3.93. The summed E-state index contributed by atoms with van der Waals surface area (Å²) in [6.07, 6.45) is 5.67. The van der Waals surface area contributed by atoms with Gasteiger partial charge in [0.2, 0.25) is 0 Å². The van der Waals surface area contributed by atoms with Gasteiger partial charge in [0.25, 0.3) is 0 Å². The van der Waals surface area contributed by atoms with Gasteiger partial charge < -0.3 is 5.32 Å². The molecule has 0 aliphatic rings. The first-order chi connectivity index (χ1) is 8.24. The summed E-state index contributed by atoms with van der Waals surface area (Å²) < 4.78 is 0. The summed E-state index contributed by atoms with van der Waals surface area (Å²) >= 11 is 0. The minimum absolute atomic E-state index is 0. The van der Waals surface area contributed by atoms with E-state index in [1.165, 1.54) is 16.7 Å². The van der Waals surface area contributed by atoms with E-state index in [9.17, 15) is 0 Å². The van der Waals surface area contributed by atoms with Gasteiger partial charge in [0.1, 0.15) is 0 Å². The third-order valence-corrected chi connectivity index (χ3v) is 2.84. The predicted octanol–water partition coefficient (Wildman–Crippen LogP) is 4.11. The molecule has 0 radical (unpaired) electrons. The molecule has 0 unspecified atom stereocenters. The topological polar surface area (TPSA) is 12.0 Å². The van der Waals surface area contributed by atoms with Crippen molar-refractivity contribution in [1.29, 1.82) is 0 Å². The highest BCUT2D eigenvalue weighted by Crippen LogP contribution is 2.22. The van der Waals surface area contributed by atoms with E-state index < -0.39 is 0 Å². The quantitative estimate of drug-likeness (QED) is 0.724. The molecule has 17 heavy (non-hydrogen) atoms. The molecule has 0 heterocycles. The monoisotopic (exact) mass is 229 g/mol. The highest BCUT2D eigenvalue weighted by atomic mass is 14.8. The molecule has 1 aromatic rings. The van der Waals surface area contributed by atoms with E-state index in [1.54, 1.807) is 6.08 Å². The molecular weight excluding hydrogens is 206 g/mol. The Bertz CT molecular complexity index is 433. The van der Waals surface area contributed by atoms with Gasteiger partial charge in [0.15, 0.2) is 0 Å². The highest BCUT2D eigenvalue weighted by molar-refractivity contribution is 5.77.